The maximum atomic E-state index is 12.5. The van der Waals surface area contributed by atoms with Crippen molar-refractivity contribution in [1.29, 1.82) is 0 Å². The zero-order valence-corrected chi connectivity index (χ0v) is 16.4. The van der Waals surface area contributed by atoms with Gasteiger partial charge < -0.3 is 19.3 Å². The fourth-order valence-electron chi connectivity index (χ4n) is 2.99. The Morgan fingerprint density at radius 2 is 1.73 bits per heavy atom. The predicted octanol–water partition coefficient (Wildman–Crippen LogP) is 4.04. The Morgan fingerprint density at radius 3 is 2.31 bits per heavy atom. The molecule has 144 valence electrons. The Hall–Kier alpha value is -2.24. The van der Waals surface area contributed by atoms with Crippen LogP contribution in [0.15, 0.2) is 30.3 Å². The first-order valence-corrected chi connectivity index (χ1v) is 9.18. The first kappa shape index (κ1) is 20.1. The lowest BCUT2D eigenvalue weighted by Gasteiger charge is -2.44. The molecule has 0 aromatic heterocycles. The van der Waals surface area contributed by atoms with Gasteiger partial charge in [-0.25, -0.2) is 9.59 Å². The van der Waals surface area contributed by atoms with E-state index in [0.29, 0.717) is 13.1 Å². The molecule has 6 heteroatoms. The third kappa shape index (κ3) is 5.38. The molecule has 1 aromatic rings. The molecule has 0 N–H and O–H groups in total. The number of nitrogens with zero attached hydrogens (tertiary/aromatic N) is 2. The minimum absolute atomic E-state index is 0.0784. The first-order chi connectivity index (χ1) is 12.2. The van der Waals surface area contributed by atoms with E-state index in [1.165, 1.54) is 0 Å². The van der Waals surface area contributed by atoms with E-state index in [1.54, 1.807) is 9.80 Å². The van der Waals surface area contributed by atoms with Gasteiger partial charge in [0.2, 0.25) is 0 Å². The maximum Gasteiger partial charge on any atom is 0.410 e. The average molecular weight is 362 g/mol. The van der Waals surface area contributed by atoms with Gasteiger partial charge in [0, 0.05) is 13.1 Å². The number of benzene rings is 1. The van der Waals surface area contributed by atoms with E-state index in [-0.39, 0.29) is 30.9 Å². The van der Waals surface area contributed by atoms with E-state index in [2.05, 4.69) is 0 Å². The van der Waals surface area contributed by atoms with Crippen LogP contribution in [0.3, 0.4) is 0 Å². The second kappa shape index (κ2) is 8.43. The Labute approximate surface area is 156 Å². The van der Waals surface area contributed by atoms with Crippen molar-refractivity contribution in [3.05, 3.63) is 35.9 Å². The summed E-state index contributed by atoms with van der Waals surface area (Å²) in [7, 11) is 0. The van der Waals surface area contributed by atoms with Crippen LogP contribution in [0.25, 0.3) is 0 Å². The zero-order valence-electron chi connectivity index (χ0n) is 16.4. The van der Waals surface area contributed by atoms with Gasteiger partial charge in [0.25, 0.3) is 0 Å². The lowest BCUT2D eigenvalue weighted by atomic mass is 10.1. The van der Waals surface area contributed by atoms with Crippen molar-refractivity contribution in [3.8, 4) is 0 Å². The summed E-state index contributed by atoms with van der Waals surface area (Å²) in [5.74, 6) is 0. The van der Waals surface area contributed by atoms with Gasteiger partial charge in [-0.3, -0.25) is 0 Å². The van der Waals surface area contributed by atoms with Gasteiger partial charge in [-0.1, -0.05) is 37.3 Å². The van der Waals surface area contributed by atoms with E-state index in [0.717, 1.165) is 12.0 Å². The molecular formula is C20H30N2O4. The molecule has 1 saturated heterocycles. The van der Waals surface area contributed by atoms with Crippen LogP contribution in [0.1, 0.15) is 46.6 Å². The lowest BCUT2D eigenvalue weighted by Crippen LogP contribution is -2.60. The van der Waals surface area contributed by atoms with Crippen molar-refractivity contribution >= 4 is 12.2 Å². The summed E-state index contributed by atoms with van der Waals surface area (Å²) in [5, 5.41) is 0. The standard InChI is InChI=1S/C20H30N2O4/c1-6-17-13-21(18(23)25-14-16-10-8-7-9-11-16)15(2)12-22(17)19(24)26-20(3,4)5/h7-11,15,17H,6,12-14H2,1-5H3/t15-,17+/m0/s1. The molecule has 1 aliphatic heterocycles. The van der Waals surface area contributed by atoms with Gasteiger partial charge in [0.05, 0.1) is 12.1 Å². The van der Waals surface area contributed by atoms with Crippen molar-refractivity contribution in [3.63, 3.8) is 0 Å². The Balaban J connectivity index is 1.98. The number of rotatable bonds is 3. The monoisotopic (exact) mass is 362 g/mol. The van der Waals surface area contributed by atoms with Crippen LogP contribution in [-0.2, 0) is 16.1 Å². The number of carbonyl (C=O) groups is 2. The third-order valence-electron chi connectivity index (χ3n) is 4.38. The number of amides is 2. The quantitative estimate of drug-likeness (QED) is 0.814. The summed E-state index contributed by atoms with van der Waals surface area (Å²) in [6.45, 7) is 10.6. The predicted molar refractivity (Wildman–Crippen MR) is 99.8 cm³/mol. The topological polar surface area (TPSA) is 59.1 Å². The molecule has 6 nitrogen and oxygen atoms in total. The fraction of sp³-hybridized carbons (Fsp3) is 0.600. The van der Waals surface area contributed by atoms with Crippen LogP contribution in [0.5, 0.6) is 0 Å². The Morgan fingerprint density at radius 1 is 1.08 bits per heavy atom. The van der Waals surface area contributed by atoms with Gasteiger partial charge in [0.15, 0.2) is 0 Å². The van der Waals surface area contributed by atoms with Crippen LogP contribution in [0.2, 0.25) is 0 Å². The molecule has 1 aromatic carbocycles. The molecule has 2 rings (SSSR count). The summed E-state index contributed by atoms with van der Waals surface area (Å²) in [6, 6.07) is 9.39. The molecule has 0 unspecified atom stereocenters. The highest BCUT2D eigenvalue weighted by molar-refractivity contribution is 5.71. The van der Waals surface area contributed by atoms with Crippen molar-refractivity contribution in [2.24, 2.45) is 0 Å². The van der Waals surface area contributed by atoms with E-state index >= 15 is 0 Å². The second-order valence-electron chi connectivity index (χ2n) is 7.74. The summed E-state index contributed by atoms with van der Waals surface area (Å²) >= 11 is 0. The molecule has 0 aliphatic carbocycles. The molecule has 1 aliphatic rings. The number of hydrogen-bond donors (Lipinski definition) is 0. The van der Waals surface area contributed by atoms with E-state index in [1.807, 2.05) is 65.0 Å². The van der Waals surface area contributed by atoms with Crippen LogP contribution < -0.4 is 0 Å². The van der Waals surface area contributed by atoms with Crippen LogP contribution >= 0.6 is 0 Å². The molecular weight excluding hydrogens is 332 g/mol. The molecule has 0 saturated carbocycles. The Kier molecular flexibility index (Phi) is 6.51. The highest BCUT2D eigenvalue weighted by Gasteiger charge is 2.38. The van der Waals surface area contributed by atoms with Crippen LogP contribution in [0.4, 0.5) is 9.59 Å². The number of piperazine rings is 1. The van der Waals surface area contributed by atoms with Gasteiger partial charge in [0.1, 0.15) is 12.2 Å². The van der Waals surface area contributed by atoms with Gasteiger partial charge in [-0.2, -0.15) is 0 Å². The normalized spacial score (nSPS) is 20.7. The maximum absolute atomic E-state index is 12.5. The minimum Gasteiger partial charge on any atom is -0.445 e. The SMILES string of the molecule is CC[C@@H]1CN(C(=O)OCc2ccccc2)[C@@H](C)CN1C(=O)OC(C)(C)C. The highest BCUT2D eigenvalue weighted by Crippen LogP contribution is 2.22. The fourth-order valence-corrected chi connectivity index (χ4v) is 2.99. The Bertz CT molecular complexity index is 612. The van der Waals surface area contributed by atoms with E-state index in [9.17, 15) is 9.59 Å². The molecule has 0 bridgehead atoms. The lowest BCUT2D eigenvalue weighted by molar-refractivity contribution is -0.0154. The zero-order chi connectivity index (χ0) is 19.3. The average Bonchev–Trinajstić information content (AvgIpc) is 2.58. The molecule has 0 spiro atoms. The minimum atomic E-state index is -0.537. The number of carbonyl (C=O) groups excluding carboxylic acids is 2. The van der Waals surface area contributed by atoms with Crippen molar-refractivity contribution in [2.45, 2.75) is 65.3 Å². The molecule has 0 radical (unpaired) electrons. The smallest absolute Gasteiger partial charge is 0.410 e. The van der Waals surface area contributed by atoms with E-state index in [4.69, 9.17) is 9.47 Å². The van der Waals surface area contributed by atoms with Gasteiger partial charge in [-0.15, -0.1) is 0 Å². The van der Waals surface area contributed by atoms with Crippen molar-refractivity contribution in [1.82, 2.24) is 9.80 Å². The molecule has 26 heavy (non-hydrogen) atoms. The largest absolute Gasteiger partial charge is 0.445 e. The van der Waals surface area contributed by atoms with Crippen molar-refractivity contribution < 1.29 is 19.1 Å². The first-order valence-electron chi connectivity index (χ1n) is 9.18. The van der Waals surface area contributed by atoms with Crippen molar-refractivity contribution in [2.75, 3.05) is 13.1 Å². The number of hydrogen-bond acceptors (Lipinski definition) is 4. The molecule has 1 fully saturated rings. The van der Waals surface area contributed by atoms with E-state index < -0.39 is 5.60 Å². The molecule has 2 atom stereocenters. The number of ether oxygens (including phenoxy) is 2. The second-order valence-corrected chi connectivity index (χ2v) is 7.74. The summed E-state index contributed by atoms with van der Waals surface area (Å²) in [6.07, 6.45) is 0.0752. The molecule has 2 amide bonds. The van der Waals surface area contributed by atoms with Crippen LogP contribution in [-0.4, -0.2) is 52.8 Å². The summed E-state index contributed by atoms with van der Waals surface area (Å²) in [5.41, 5.74) is 0.414. The van der Waals surface area contributed by atoms with Gasteiger partial charge in [-0.05, 0) is 39.7 Å². The van der Waals surface area contributed by atoms with Gasteiger partial charge >= 0.3 is 12.2 Å². The van der Waals surface area contributed by atoms with Crippen LogP contribution in [0, 0.1) is 0 Å². The summed E-state index contributed by atoms with van der Waals surface area (Å²) < 4.78 is 11.0. The third-order valence-corrected chi connectivity index (χ3v) is 4.38. The highest BCUT2D eigenvalue weighted by atomic mass is 16.6. The molecule has 1 heterocycles. The summed E-state index contributed by atoms with van der Waals surface area (Å²) in [4.78, 5) is 28.4.